The van der Waals surface area contributed by atoms with E-state index < -0.39 is 5.97 Å². The molecule has 1 aliphatic heterocycles. The first-order chi connectivity index (χ1) is 13.0. The summed E-state index contributed by atoms with van der Waals surface area (Å²) in [5.74, 6) is -0.840. The van der Waals surface area contributed by atoms with Crippen molar-refractivity contribution in [3.8, 4) is 5.75 Å². The van der Waals surface area contributed by atoms with Gasteiger partial charge in [-0.1, -0.05) is 18.2 Å². The van der Waals surface area contributed by atoms with Gasteiger partial charge in [-0.3, -0.25) is 9.59 Å². The Balaban J connectivity index is 1.64. The van der Waals surface area contributed by atoms with Crippen LogP contribution >= 0.6 is 0 Å². The zero-order chi connectivity index (χ0) is 19.2. The van der Waals surface area contributed by atoms with Gasteiger partial charge in [0.15, 0.2) is 0 Å². The number of aliphatic carboxylic acids is 1. The number of hydrogen-bond acceptors (Lipinski definition) is 3. The minimum Gasteiger partial charge on any atom is -0.489 e. The van der Waals surface area contributed by atoms with E-state index >= 15 is 0 Å². The smallest absolute Gasteiger partial charge is 0.305 e. The number of likely N-dealkylation sites (tertiary alicyclic amines) is 1. The van der Waals surface area contributed by atoms with Crippen LogP contribution in [0, 0.1) is 5.82 Å². The number of ether oxygens (including phenoxy) is 1. The van der Waals surface area contributed by atoms with E-state index in [1.54, 1.807) is 47.4 Å². The van der Waals surface area contributed by atoms with Crippen LogP contribution in [0.1, 0.15) is 41.6 Å². The molecular weight excluding hydrogens is 349 g/mol. The highest BCUT2D eigenvalue weighted by Crippen LogP contribution is 2.23. The van der Waals surface area contributed by atoms with E-state index in [9.17, 15) is 14.0 Å². The molecule has 0 unspecified atom stereocenters. The molecule has 0 radical (unpaired) electrons. The quantitative estimate of drug-likeness (QED) is 0.837. The molecule has 0 aliphatic carbocycles. The van der Waals surface area contributed by atoms with Crippen LogP contribution in [0.5, 0.6) is 5.75 Å². The zero-order valence-electron chi connectivity index (χ0n) is 14.9. The molecule has 1 N–H and O–H groups in total. The molecule has 1 saturated heterocycles. The minimum absolute atomic E-state index is 0.0322. The summed E-state index contributed by atoms with van der Waals surface area (Å²) in [6, 6.07) is 12.8. The molecule has 6 heteroatoms. The lowest BCUT2D eigenvalue weighted by Crippen LogP contribution is -2.44. The molecular formula is C21H22FNO4. The maximum Gasteiger partial charge on any atom is 0.305 e. The van der Waals surface area contributed by atoms with E-state index in [0.717, 1.165) is 12.8 Å². The van der Waals surface area contributed by atoms with Crippen LogP contribution in [0.4, 0.5) is 4.39 Å². The van der Waals surface area contributed by atoms with Crippen molar-refractivity contribution in [2.75, 3.05) is 6.54 Å². The highest BCUT2D eigenvalue weighted by Gasteiger charge is 2.29. The van der Waals surface area contributed by atoms with Crippen LogP contribution in [-0.2, 0) is 11.4 Å². The largest absolute Gasteiger partial charge is 0.489 e. The maximum atomic E-state index is 13.6. The Morgan fingerprint density at radius 2 is 1.85 bits per heavy atom. The third-order valence-corrected chi connectivity index (χ3v) is 4.75. The molecule has 1 heterocycles. The monoisotopic (exact) mass is 371 g/mol. The van der Waals surface area contributed by atoms with Crippen molar-refractivity contribution in [3.05, 3.63) is 65.5 Å². The molecule has 5 nitrogen and oxygen atoms in total. The number of piperidine rings is 1. The van der Waals surface area contributed by atoms with E-state index in [4.69, 9.17) is 9.84 Å². The van der Waals surface area contributed by atoms with Gasteiger partial charge in [-0.05, 0) is 49.6 Å². The Morgan fingerprint density at radius 1 is 1.11 bits per heavy atom. The Morgan fingerprint density at radius 3 is 2.56 bits per heavy atom. The number of carbonyl (C=O) groups excluding carboxylic acids is 1. The normalized spacial score (nSPS) is 16.8. The molecule has 1 amide bonds. The molecule has 3 rings (SSSR count). The molecule has 0 aromatic heterocycles. The van der Waals surface area contributed by atoms with Gasteiger partial charge in [0.25, 0.3) is 5.91 Å². The molecule has 27 heavy (non-hydrogen) atoms. The summed E-state index contributed by atoms with van der Waals surface area (Å²) in [7, 11) is 0. The third-order valence-electron chi connectivity index (χ3n) is 4.75. The molecule has 1 fully saturated rings. The number of carboxylic acid groups (broad SMARTS) is 1. The highest BCUT2D eigenvalue weighted by molar-refractivity contribution is 5.94. The van der Waals surface area contributed by atoms with Gasteiger partial charge >= 0.3 is 5.97 Å². The highest BCUT2D eigenvalue weighted by atomic mass is 19.1. The van der Waals surface area contributed by atoms with Gasteiger partial charge in [-0.15, -0.1) is 0 Å². The number of nitrogens with zero attached hydrogens (tertiary/aromatic N) is 1. The standard InChI is InChI=1S/C21H22FNO4/c22-19-7-2-1-5-16(19)14-27-18-10-8-15(9-11-18)21(26)23-12-4-3-6-17(23)13-20(24)25/h1-2,5,7-11,17H,3-4,6,12-14H2,(H,24,25)/t17-/m0/s1. The van der Waals surface area contributed by atoms with Gasteiger partial charge in [0, 0.05) is 23.7 Å². The topological polar surface area (TPSA) is 66.8 Å². The summed E-state index contributed by atoms with van der Waals surface area (Å²) in [4.78, 5) is 25.5. The number of halogens is 1. The first-order valence-electron chi connectivity index (χ1n) is 9.03. The lowest BCUT2D eigenvalue weighted by Gasteiger charge is -2.35. The van der Waals surface area contributed by atoms with Crippen LogP contribution in [-0.4, -0.2) is 34.5 Å². The summed E-state index contributed by atoms with van der Waals surface area (Å²) < 4.78 is 19.2. The summed E-state index contributed by atoms with van der Waals surface area (Å²) in [6.45, 7) is 0.676. The Bertz CT molecular complexity index is 806. The number of benzene rings is 2. The number of carbonyl (C=O) groups is 2. The Kier molecular flexibility index (Phi) is 6.06. The first-order valence-corrected chi connectivity index (χ1v) is 9.03. The van der Waals surface area contributed by atoms with E-state index in [0.29, 0.717) is 29.8 Å². The average Bonchev–Trinajstić information content (AvgIpc) is 2.67. The third kappa shape index (κ3) is 4.84. The van der Waals surface area contributed by atoms with E-state index in [1.165, 1.54) is 6.07 Å². The van der Waals surface area contributed by atoms with E-state index in [2.05, 4.69) is 0 Å². The fourth-order valence-corrected chi connectivity index (χ4v) is 3.32. The second-order valence-electron chi connectivity index (χ2n) is 6.65. The lowest BCUT2D eigenvalue weighted by molar-refractivity contribution is -0.138. The fourth-order valence-electron chi connectivity index (χ4n) is 3.32. The predicted octanol–water partition coefficient (Wildman–Crippen LogP) is 3.87. The zero-order valence-corrected chi connectivity index (χ0v) is 14.9. The number of carboxylic acids is 1. The van der Waals surface area contributed by atoms with Crippen LogP contribution in [0.15, 0.2) is 48.5 Å². The van der Waals surface area contributed by atoms with Crippen molar-refractivity contribution < 1.29 is 23.8 Å². The summed E-state index contributed by atoms with van der Waals surface area (Å²) in [6.07, 6.45) is 2.49. The molecule has 2 aromatic rings. The SMILES string of the molecule is O=C(O)C[C@@H]1CCCCN1C(=O)c1ccc(OCc2ccccc2F)cc1. The number of rotatable bonds is 6. The lowest BCUT2D eigenvalue weighted by atomic mass is 9.98. The van der Waals surface area contributed by atoms with Crippen LogP contribution < -0.4 is 4.74 Å². The fraction of sp³-hybridized carbons (Fsp3) is 0.333. The molecule has 142 valence electrons. The van der Waals surface area contributed by atoms with Crippen molar-refractivity contribution in [2.45, 2.75) is 38.3 Å². The van der Waals surface area contributed by atoms with Crippen LogP contribution in [0.3, 0.4) is 0 Å². The molecule has 0 saturated carbocycles. The van der Waals surface area contributed by atoms with Crippen molar-refractivity contribution in [1.82, 2.24) is 4.90 Å². The van der Waals surface area contributed by atoms with Gasteiger partial charge in [0.2, 0.25) is 0 Å². The number of hydrogen-bond donors (Lipinski definition) is 1. The molecule has 0 bridgehead atoms. The van der Waals surface area contributed by atoms with Gasteiger partial charge in [0.1, 0.15) is 18.2 Å². The Hall–Kier alpha value is -2.89. The molecule has 2 aromatic carbocycles. The molecule has 0 spiro atoms. The predicted molar refractivity (Wildman–Crippen MR) is 98.1 cm³/mol. The van der Waals surface area contributed by atoms with Gasteiger partial charge in [-0.2, -0.15) is 0 Å². The van der Waals surface area contributed by atoms with Crippen molar-refractivity contribution >= 4 is 11.9 Å². The molecule has 1 aliphatic rings. The van der Waals surface area contributed by atoms with E-state index in [-0.39, 0.29) is 30.8 Å². The van der Waals surface area contributed by atoms with Crippen LogP contribution in [0.25, 0.3) is 0 Å². The van der Waals surface area contributed by atoms with Crippen LogP contribution in [0.2, 0.25) is 0 Å². The van der Waals surface area contributed by atoms with Crippen molar-refractivity contribution in [1.29, 1.82) is 0 Å². The number of amides is 1. The van der Waals surface area contributed by atoms with E-state index in [1.807, 2.05) is 0 Å². The first kappa shape index (κ1) is 18.9. The summed E-state index contributed by atoms with van der Waals surface area (Å²) in [5, 5.41) is 9.06. The Labute approximate surface area is 157 Å². The van der Waals surface area contributed by atoms with Gasteiger partial charge in [-0.25, -0.2) is 4.39 Å². The summed E-state index contributed by atoms with van der Waals surface area (Å²) >= 11 is 0. The van der Waals surface area contributed by atoms with Gasteiger partial charge in [0.05, 0.1) is 6.42 Å². The summed E-state index contributed by atoms with van der Waals surface area (Å²) in [5.41, 5.74) is 0.952. The van der Waals surface area contributed by atoms with Gasteiger partial charge < -0.3 is 14.7 Å². The second-order valence-corrected chi connectivity index (χ2v) is 6.65. The molecule has 1 atom stereocenters. The van der Waals surface area contributed by atoms with Crippen molar-refractivity contribution in [2.24, 2.45) is 0 Å². The second kappa shape index (κ2) is 8.66. The minimum atomic E-state index is -0.892. The van der Waals surface area contributed by atoms with Crippen molar-refractivity contribution in [3.63, 3.8) is 0 Å². The average molecular weight is 371 g/mol. The maximum absolute atomic E-state index is 13.6.